The summed E-state index contributed by atoms with van der Waals surface area (Å²) in [5.74, 6) is 0.782. The van der Waals surface area contributed by atoms with Crippen molar-refractivity contribution in [1.29, 1.82) is 0 Å². The van der Waals surface area contributed by atoms with Crippen LogP contribution in [-0.2, 0) is 12.4 Å². The lowest BCUT2D eigenvalue weighted by Crippen LogP contribution is -2.29. The van der Waals surface area contributed by atoms with Gasteiger partial charge in [-0.15, -0.1) is 11.6 Å². The smallest absolute Gasteiger partial charge is 0.151 e. The van der Waals surface area contributed by atoms with Gasteiger partial charge in [-0.05, 0) is 31.5 Å². The third-order valence-electron chi connectivity index (χ3n) is 4.01. The fourth-order valence-corrected chi connectivity index (χ4v) is 2.98. The van der Waals surface area contributed by atoms with E-state index in [1.165, 1.54) is 18.9 Å². The van der Waals surface area contributed by atoms with Crippen molar-refractivity contribution in [2.24, 2.45) is 0 Å². The molecular weight excluding hydrogens is 277 g/mol. The number of alkyl halides is 1. The highest BCUT2D eigenvalue weighted by Gasteiger charge is 2.27. The van der Waals surface area contributed by atoms with E-state index in [1.807, 2.05) is 6.07 Å². The first-order valence-corrected chi connectivity index (χ1v) is 7.71. The molecule has 0 spiro atoms. The first-order chi connectivity index (χ1) is 9.74. The van der Waals surface area contributed by atoms with Crippen LogP contribution in [-0.4, -0.2) is 33.6 Å². The Morgan fingerprint density at radius 1 is 1.45 bits per heavy atom. The Balaban J connectivity index is 1.87. The Morgan fingerprint density at radius 2 is 2.25 bits per heavy atom. The number of para-hydroxylation sites is 1. The second-order valence-corrected chi connectivity index (χ2v) is 5.55. The van der Waals surface area contributed by atoms with Crippen LogP contribution < -0.4 is 0 Å². The Kier molecular flexibility index (Phi) is 3.94. The van der Waals surface area contributed by atoms with Crippen molar-refractivity contribution in [3.63, 3.8) is 0 Å². The maximum Gasteiger partial charge on any atom is 0.151 e. The molecule has 1 saturated carbocycles. The third kappa shape index (κ3) is 2.54. The van der Waals surface area contributed by atoms with Crippen LogP contribution in [0.15, 0.2) is 18.2 Å². The molecular formula is C15H19ClFN3. The maximum atomic E-state index is 13.8. The molecule has 1 fully saturated rings. The summed E-state index contributed by atoms with van der Waals surface area (Å²) in [6.45, 7) is 5.02. The zero-order valence-electron chi connectivity index (χ0n) is 11.6. The molecule has 1 aliphatic rings. The lowest BCUT2D eigenvalue weighted by Gasteiger charge is -2.20. The van der Waals surface area contributed by atoms with Gasteiger partial charge in [-0.25, -0.2) is 9.37 Å². The molecule has 0 N–H and O–H groups in total. The molecule has 0 atom stereocenters. The Hall–Kier alpha value is -1.13. The molecule has 0 radical (unpaired) electrons. The van der Waals surface area contributed by atoms with Crippen LogP contribution in [0.2, 0.25) is 0 Å². The molecule has 3 rings (SSSR count). The summed E-state index contributed by atoms with van der Waals surface area (Å²) >= 11 is 5.96. The first kappa shape index (κ1) is 13.8. The van der Waals surface area contributed by atoms with E-state index < -0.39 is 0 Å². The van der Waals surface area contributed by atoms with Crippen molar-refractivity contribution in [2.75, 3.05) is 13.1 Å². The number of benzene rings is 1. The summed E-state index contributed by atoms with van der Waals surface area (Å²) < 4.78 is 15.8. The standard InChI is InChI=1S/C15H19ClFN3/c1-2-19(11-6-7-11)8-9-20-13-5-3-4-12(17)15(13)18-14(20)10-16/h3-5,11H,2,6-10H2,1H3. The highest BCUT2D eigenvalue weighted by molar-refractivity contribution is 6.16. The minimum absolute atomic E-state index is 0.276. The lowest BCUT2D eigenvalue weighted by molar-refractivity contribution is 0.266. The van der Waals surface area contributed by atoms with Crippen molar-refractivity contribution >= 4 is 22.6 Å². The summed E-state index contributed by atoms with van der Waals surface area (Å²) in [5.41, 5.74) is 1.27. The molecule has 5 heteroatoms. The Morgan fingerprint density at radius 3 is 2.90 bits per heavy atom. The van der Waals surface area contributed by atoms with E-state index in [0.717, 1.165) is 37.0 Å². The average molecular weight is 296 g/mol. The molecule has 20 heavy (non-hydrogen) atoms. The van der Waals surface area contributed by atoms with Crippen molar-refractivity contribution in [2.45, 2.75) is 38.2 Å². The van der Waals surface area contributed by atoms with Gasteiger partial charge in [0, 0.05) is 19.1 Å². The number of hydrogen-bond acceptors (Lipinski definition) is 2. The number of aromatic nitrogens is 2. The van der Waals surface area contributed by atoms with E-state index in [2.05, 4.69) is 21.4 Å². The molecule has 3 nitrogen and oxygen atoms in total. The van der Waals surface area contributed by atoms with Crippen molar-refractivity contribution < 1.29 is 4.39 Å². The van der Waals surface area contributed by atoms with Gasteiger partial charge >= 0.3 is 0 Å². The van der Waals surface area contributed by atoms with E-state index in [1.54, 1.807) is 6.07 Å². The summed E-state index contributed by atoms with van der Waals surface area (Å²) in [6.07, 6.45) is 2.60. The van der Waals surface area contributed by atoms with E-state index >= 15 is 0 Å². The monoisotopic (exact) mass is 295 g/mol. The zero-order chi connectivity index (χ0) is 14.1. The average Bonchev–Trinajstić information content (AvgIpc) is 3.22. The molecule has 108 valence electrons. The molecule has 0 amide bonds. The van der Waals surface area contributed by atoms with E-state index in [4.69, 9.17) is 11.6 Å². The number of nitrogens with zero attached hydrogens (tertiary/aromatic N) is 3. The van der Waals surface area contributed by atoms with Gasteiger partial charge < -0.3 is 4.57 Å². The van der Waals surface area contributed by atoms with Crippen LogP contribution in [0.5, 0.6) is 0 Å². The Labute approximate surface area is 123 Å². The van der Waals surface area contributed by atoms with Gasteiger partial charge in [0.25, 0.3) is 0 Å². The minimum Gasteiger partial charge on any atom is -0.326 e. The molecule has 1 aromatic carbocycles. The molecule has 2 aromatic rings. The maximum absolute atomic E-state index is 13.8. The fourth-order valence-electron chi connectivity index (χ4n) is 2.78. The fraction of sp³-hybridized carbons (Fsp3) is 0.533. The van der Waals surface area contributed by atoms with Gasteiger partial charge in [-0.3, -0.25) is 4.90 Å². The molecule has 0 unspecified atom stereocenters. The summed E-state index contributed by atoms with van der Waals surface area (Å²) in [5, 5.41) is 0. The van der Waals surface area contributed by atoms with Crippen LogP contribution in [0, 0.1) is 5.82 Å². The molecule has 0 saturated heterocycles. The zero-order valence-corrected chi connectivity index (χ0v) is 12.4. The SMILES string of the molecule is CCN(CCn1c(CCl)nc2c(F)cccc21)C1CC1. The van der Waals surface area contributed by atoms with Crippen molar-refractivity contribution in [3.8, 4) is 0 Å². The van der Waals surface area contributed by atoms with Crippen LogP contribution in [0.1, 0.15) is 25.6 Å². The first-order valence-electron chi connectivity index (χ1n) is 7.18. The second-order valence-electron chi connectivity index (χ2n) is 5.28. The molecule has 1 heterocycles. The quantitative estimate of drug-likeness (QED) is 0.762. The summed E-state index contributed by atoms with van der Waals surface area (Å²) in [6, 6.07) is 5.83. The Bertz CT molecular complexity index is 606. The predicted octanol–water partition coefficient (Wildman–Crippen LogP) is 3.40. The van der Waals surface area contributed by atoms with E-state index in [9.17, 15) is 4.39 Å². The van der Waals surface area contributed by atoms with Crippen LogP contribution in [0.3, 0.4) is 0 Å². The van der Waals surface area contributed by atoms with Gasteiger partial charge in [0.05, 0.1) is 11.4 Å². The topological polar surface area (TPSA) is 21.1 Å². The van der Waals surface area contributed by atoms with Gasteiger partial charge in [-0.2, -0.15) is 0 Å². The lowest BCUT2D eigenvalue weighted by atomic mass is 10.3. The number of hydrogen-bond donors (Lipinski definition) is 0. The molecule has 0 aliphatic heterocycles. The van der Waals surface area contributed by atoms with Crippen molar-refractivity contribution in [3.05, 3.63) is 29.8 Å². The molecule has 0 bridgehead atoms. The summed E-state index contributed by atoms with van der Waals surface area (Å²) in [4.78, 5) is 6.81. The highest BCUT2D eigenvalue weighted by Crippen LogP contribution is 2.27. The van der Waals surface area contributed by atoms with Crippen molar-refractivity contribution in [1.82, 2.24) is 14.5 Å². The minimum atomic E-state index is -0.276. The van der Waals surface area contributed by atoms with Gasteiger partial charge in [-0.1, -0.05) is 13.0 Å². The normalized spacial score (nSPS) is 15.4. The number of fused-ring (bicyclic) bond motifs is 1. The largest absolute Gasteiger partial charge is 0.326 e. The predicted molar refractivity (Wildman–Crippen MR) is 79.5 cm³/mol. The van der Waals surface area contributed by atoms with Crippen LogP contribution in [0.4, 0.5) is 4.39 Å². The molecule has 1 aromatic heterocycles. The number of likely N-dealkylation sites (N-methyl/N-ethyl adjacent to an activating group) is 1. The number of imidazole rings is 1. The van der Waals surface area contributed by atoms with Crippen LogP contribution >= 0.6 is 11.6 Å². The molecule has 1 aliphatic carbocycles. The van der Waals surface area contributed by atoms with Crippen LogP contribution in [0.25, 0.3) is 11.0 Å². The van der Waals surface area contributed by atoms with E-state index in [-0.39, 0.29) is 5.82 Å². The second kappa shape index (κ2) is 5.70. The summed E-state index contributed by atoms with van der Waals surface area (Å²) in [7, 11) is 0. The van der Waals surface area contributed by atoms with Gasteiger partial charge in [0.15, 0.2) is 5.82 Å². The van der Waals surface area contributed by atoms with E-state index in [0.29, 0.717) is 11.4 Å². The third-order valence-corrected chi connectivity index (χ3v) is 4.25. The van der Waals surface area contributed by atoms with Gasteiger partial charge in [0.2, 0.25) is 0 Å². The number of rotatable bonds is 6. The van der Waals surface area contributed by atoms with Gasteiger partial charge in [0.1, 0.15) is 11.3 Å². The highest BCUT2D eigenvalue weighted by atomic mass is 35.5. The number of halogens is 2.